The minimum Gasteiger partial charge on any atom is -0.388 e. The van der Waals surface area contributed by atoms with Crippen LogP contribution in [0.3, 0.4) is 0 Å². The van der Waals surface area contributed by atoms with Crippen LogP contribution in [-0.2, 0) is 4.74 Å². The Hall–Kier alpha value is -0.900. The number of morpholine rings is 1. The molecule has 2 N–H and O–H groups in total. The Morgan fingerprint density at radius 1 is 1.50 bits per heavy atom. The molecule has 2 rings (SSSR count). The second-order valence-electron chi connectivity index (χ2n) is 4.33. The molecule has 0 spiro atoms. The van der Waals surface area contributed by atoms with Gasteiger partial charge in [-0.1, -0.05) is 24.3 Å². The molecular weight excluding hydrogens is 202 g/mol. The molecule has 88 valence electrons. The summed E-state index contributed by atoms with van der Waals surface area (Å²) >= 11 is 0. The van der Waals surface area contributed by atoms with E-state index in [4.69, 9.17) is 4.74 Å². The zero-order valence-corrected chi connectivity index (χ0v) is 9.65. The topological polar surface area (TPSA) is 41.5 Å². The van der Waals surface area contributed by atoms with E-state index in [2.05, 4.69) is 5.32 Å². The van der Waals surface area contributed by atoms with Crippen molar-refractivity contribution in [2.45, 2.75) is 25.5 Å². The minimum atomic E-state index is -0.402. The number of rotatable bonds is 3. The molecule has 16 heavy (non-hydrogen) atoms. The van der Waals surface area contributed by atoms with Gasteiger partial charge in [0.1, 0.15) is 0 Å². The van der Waals surface area contributed by atoms with Gasteiger partial charge >= 0.3 is 0 Å². The van der Waals surface area contributed by atoms with E-state index in [1.807, 2.05) is 31.2 Å². The van der Waals surface area contributed by atoms with E-state index >= 15 is 0 Å². The van der Waals surface area contributed by atoms with E-state index in [-0.39, 0.29) is 6.04 Å². The molecular formula is C13H19NO2. The van der Waals surface area contributed by atoms with E-state index < -0.39 is 6.10 Å². The Morgan fingerprint density at radius 2 is 2.31 bits per heavy atom. The molecule has 0 saturated carbocycles. The highest BCUT2D eigenvalue weighted by atomic mass is 16.5. The fourth-order valence-corrected chi connectivity index (χ4v) is 2.13. The van der Waals surface area contributed by atoms with Gasteiger partial charge in [-0.15, -0.1) is 0 Å². The molecule has 1 aliphatic rings. The molecule has 2 atom stereocenters. The van der Waals surface area contributed by atoms with Crippen molar-refractivity contribution >= 4 is 0 Å². The second kappa shape index (κ2) is 5.43. The highest BCUT2D eigenvalue weighted by Crippen LogP contribution is 2.22. The zero-order valence-electron chi connectivity index (χ0n) is 9.65. The number of hydrogen-bond acceptors (Lipinski definition) is 3. The van der Waals surface area contributed by atoms with E-state index in [0.29, 0.717) is 13.0 Å². The number of aliphatic hydroxyl groups excluding tert-OH is 1. The van der Waals surface area contributed by atoms with Gasteiger partial charge in [-0.05, 0) is 24.5 Å². The van der Waals surface area contributed by atoms with Crippen molar-refractivity contribution in [2.24, 2.45) is 0 Å². The number of hydrogen-bond donors (Lipinski definition) is 2. The van der Waals surface area contributed by atoms with Crippen molar-refractivity contribution in [1.29, 1.82) is 0 Å². The summed E-state index contributed by atoms with van der Waals surface area (Å²) in [6.45, 7) is 4.38. The molecule has 0 radical (unpaired) electrons. The van der Waals surface area contributed by atoms with Crippen LogP contribution < -0.4 is 5.32 Å². The van der Waals surface area contributed by atoms with Gasteiger partial charge < -0.3 is 15.2 Å². The van der Waals surface area contributed by atoms with Crippen molar-refractivity contribution in [3.8, 4) is 0 Å². The van der Waals surface area contributed by atoms with Gasteiger partial charge in [-0.3, -0.25) is 0 Å². The van der Waals surface area contributed by atoms with Crippen LogP contribution in [0, 0.1) is 6.92 Å². The highest BCUT2D eigenvalue weighted by Gasteiger charge is 2.19. The average molecular weight is 221 g/mol. The molecule has 0 bridgehead atoms. The van der Waals surface area contributed by atoms with Gasteiger partial charge in [0.15, 0.2) is 0 Å². The van der Waals surface area contributed by atoms with Crippen LogP contribution in [0.4, 0.5) is 0 Å². The Bertz CT molecular complexity index is 334. The summed E-state index contributed by atoms with van der Waals surface area (Å²) in [5.41, 5.74) is 2.17. The van der Waals surface area contributed by atoms with Crippen LogP contribution in [0.5, 0.6) is 0 Å². The van der Waals surface area contributed by atoms with Crippen molar-refractivity contribution < 1.29 is 9.84 Å². The monoisotopic (exact) mass is 221 g/mol. The Morgan fingerprint density at radius 3 is 3.00 bits per heavy atom. The van der Waals surface area contributed by atoms with E-state index in [1.165, 1.54) is 0 Å². The van der Waals surface area contributed by atoms with Gasteiger partial charge in [0.2, 0.25) is 0 Å². The Kier molecular flexibility index (Phi) is 3.93. The predicted octanol–water partition coefficient (Wildman–Crippen LogP) is 1.41. The van der Waals surface area contributed by atoms with Gasteiger partial charge in [0.25, 0.3) is 0 Å². The fourth-order valence-electron chi connectivity index (χ4n) is 2.13. The Balaban J connectivity index is 1.96. The summed E-state index contributed by atoms with van der Waals surface area (Å²) in [5.74, 6) is 0. The van der Waals surface area contributed by atoms with Gasteiger partial charge in [0, 0.05) is 12.6 Å². The lowest BCUT2D eigenvalue weighted by atomic mass is 9.98. The minimum absolute atomic E-state index is 0.267. The van der Waals surface area contributed by atoms with Crippen LogP contribution in [0.1, 0.15) is 23.7 Å². The van der Waals surface area contributed by atoms with Gasteiger partial charge in [-0.25, -0.2) is 0 Å². The summed E-state index contributed by atoms with van der Waals surface area (Å²) < 4.78 is 5.38. The molecule has 2 unspecified atom stereocenters. The summed E-state index contributed by atoms with van der Waals surface area (Å²) in [5, 5.41) is 13.5. The lowest BCUT2D eigenvalue weighted by Crippen LogP contribution is -2.42. The number of aliphatic hydroxyl groups is 1. The summed E-state index contributed by atoms with van der Waals surface area (Å²) in [6.07, 6.45) is 0.311. The Labute approximate surface area is 96.4 Å². The third-order valence-corrected chi connectivity index (χ3v) is 3.05. The quantitative estimate of drug-likeness (QED) is 0.811. The molecule has 1 aliphatic heterocycles. The lowest BCUT2D eigenvalue weighted by Gasteiger charge is -2.26. The zero-order chi connectivity index (χ0) is 11.4. The maximum atomic E-state index is 10.2. The largest absolute Gasteiger partial charge is 0.388 e. The van der Waals surface area contributed by atoms with Crippen molar-refractivity contribution in [3.05, 3.63) is 35.4 Å². The lowest BCUT2D eigenvalue weighted by molar-refractivity contribution is 0.0518. The maximum Gasteiger partial charge on any atom is 0.0808 e. The van der Waals surface area contributed by atoms with Crippen molar-refractivity contribution in [1.82, 2.24) is 5.32 Å². The third-order valence-electron chi connectivity index (χ3n) is 3.05. The molecule has 3 nitrogen and oxygen atoms in total. The molecule has 1 aromatic carbocycles. The molecule has 0 aromatic heterocycles. The van der Waals surface area contributed by atoms with Crippen LogP contribution in [0.2, 0.25) is 0 Å². The first kappa shape index (κ1) is 11.6. The smallest absolute Gasteiger partial charge is 0.0808 e. The molecule has 1 fully saturated rings. The maximum absolute atomic E-state index is 10.2. The van der Waals surface area contributed by atoms with Gasteiger partial charge in [-0.2, -0.15) is 0 Å². The second-order valence-corrected chi connectivity index (χ2v) is 4.33. The fraction of sp³-hybridized carbons (Fsp3) is 0.538. The highest BCUT2D eigenvalue weighted by molar-refractivity contribution is 5.27. The third kappa shape index (κ3) is 2.82. The summed E-state index contributed by atoms with van der Waals surface area (Å²) in [6, 6.07) is 8.25. The van der Waals surface area contributed by atoms with E-state index in [0.717, 1.165) is 24.3 Å². The van der Waals surface area contributed by atoms with Crippen molar-refractivity contribution in [2.75, 3.05) is 19.8 Å². The first-order valence-corrected chi connectivity index (χ1v) is 5.82. The summed E-state index contributed by atoms with van der Waals surface area (Å²) in [4.78, 5) is 0. The normalized spacial score (nSPS) is 23.0. The molecule has 0 amide bonds. The molecule has 1 saturated heterocycles. The van der Waals surface area contributed by atoms with Crippen LogP contribution >= 0.6 is 0 Å². The van der Waals surface area contributed by atoms with Crippen LogP contribution in [0.15, 0.2) is 24.3 Å². The first-order chi connectivity index (χ1) is 7.77. The standard InChI is InChI=1S/C13H19NO2/c1-10-4-2-3-5-12(10)13(15)8-11-9-16-7-6-14-11/h2-5,11,13-15H,6-9H2,1H3. The molecule has 3 heteroatoms. The average Bonchev–Trinajstić information content (AvgIpc) is 2.31. The van der Waals surface area contributed by atoms with E-state index in [1.54, 1.807) is 0 Å². The van der Waals surface area contributed by atoms with Crippen molar-refractivity contribution in [3.63, 3.8) is 0 Å². The molecule has 0 aliphatic carbocycles. The predicted molar refractivity (Wildman–Crippen MR) is 63.4 cm³/mol. The van der Waals surface area contributed by atoms with Gasteiger partial charge in [0.05, 0.1) is 19.3 Å². The number of aryl methyl sites for hydroxylation is 1. The molecule has 1 aromatic rings. The SMILES string of the molecule is Cc1ccccc1C(O)CC1COCCN1. The van der Waals surface area contributed by atoms with Crippen LogP contribution in [0.25, 0.3) is 0 Å². The number of nitrogens with one attached hydrogen (secondary N) is 1. The first-order valence-electron chi connectivity index (χ1n) is 5.82. The van der Waals surface area contributed by atoms with Crippen LogP contribution in [-0.4, -0.2) is 30.9 Å². The number of ether oxygens (including phenoxy) is 1. The van der Waals surface area contributed by atoms with E-state index in [9.17, 15) is 5.11 Å². The summed E-state index contributed by atoms with van der Waals surface area (Å²) in [7, 11) is 0. The molecule has 1 heterocycles. The number of benzene rings is 1.